The second-order valence-electron chi connectivity index (χ2n) is 5.02. The van der Waals surface area contributed by atoms with Crippen molar-refractivity contribution in [1.29, 1.82) is 0 Å². The van der Waals surface area contributed by atoms with Crippen LogP contribution in [0, 0.1) is 11.6 Å². The van der Waals surface area contributed by atoms with Crippen molar-refractivity contribution in [3.05, 3.63) is 29.8 Å². The summed E-state index contributed by atoms with van der Waals surface area (Å²) < 4.78 is 25.8. The fourth-order valence-corrected chi connectivity index (χ4v) is 2.41. The maximum atomic E-state index is 13.0. The van der Waals surface area contributed by atoms with Crippen molar-refractivity contribution in [3.8, 4) is 0 Å². The fraction of sp³-hybridized carbons (Fsp3) is 0.500. The van der Waals surface area contributed by atoms with Crippen LogP contribution < -0.4 is 10.2 Å². The lowest BCUT2D eigenvalue weighted by Gasteiger charge is -2.16. The van der Waals surface area contributed by atoms with Crippen LogP contribution >= 0.6 is 0 Å². The Morgan fingerprint density at radius 3 is 2.42 bits per heavy atom. The molecule has 2 rings (SSSR count). The van der Waals surface area contributed by atoms with Gasteiger partial charge in [-0.25, -0.2) is 8.78 Å². The van der Waals surface area contributed by atoms with Gasteiger partial charge in [-0.05, 0) is 37.8 Å². The number of carbonyl (C=O) groups excluding carboxylic acids is 1. The molecule has 104 valence electrons. The second kappa shape index (κ2) is 6.61. The molecule has 1 fully saturated rings. The topological polar surface area (TPSA) is 33.5 Å². The average molecular weight is 269 g/mol. The van der Waals surface area contributed by atoms with Gasteiger partial charge in [0.15, 0.2) is 18.2 Å². The Bertz CT molecular complexity index is 443. The average Bonchev–Trinajstić information content (AvgIpc) is 2.62. The minimum atomic E-state index is -0.945. The smallest absolute Gasteiger partial charge is 0.279 e. The Hall–Kier alpha value is -1.49. The van der Waals surface area contributed by atoms with Gasteiger partial charge in [0.2, 0.25) is 0 Å². The zero-order chi connectivity index (χ0) is 13.7. The van der Waals surface area contributed by atoms with Crippen LogP contribution in [0.1, 0.15) is 25.7 Å². The SMILES string of the molecule is O=C(C[NH+]1CCCCCC1)Nc1ccc(F)c(F)c1. The molecule has 1 aromatic rings. The van der Waals surface area contributed by atoms with Gasteiger partial charge in [-0.3, -0.25) is 4.79 Å². The summed E-state index contributed by atoms with van der Waals surface area (Å²) in [5.41, 5.74) is 0.304. The van der Waals surface area contributed by atoms with E-state index in [-0.39, 0.29) is 5.91 Å². The Morgan fingerprint density at radius 1 is 1.11 bits per heavy atom. The van der Waals surface area contributed by atoms with Crippen molar-refractivity contribution in [2.75, 3.05) is 25.0 Å². The number of anilines is 1. The van der Waals surface area contributed by atoms with Crippen LogP contribution in [0.5, 0.6) is 0 Å². The van der Waals surface area contributed by atoms with Crippen LogP contribution in [0.4, 0.5) is 14.5 Å². The highest BCUT2D eigenvalue weighted by Gasteiger charge is 2.16. The quantitative estimate of drug-likeness (QED) is 0.853. The van der Waals surface area contributed by atoms with Crippen LogP contribution in [0.15, 0.2) is 18.2 Å². The molecule has 1 saturated heterocycles. The van der Waals surface area contributed by atoms with Gasteiger partial charge < -0.3 is 10.2 Å². The first-order valence-electron chi connectivity index (χ1n) is 6.73. The summed E-state index contributed by atoms with van der Waals surface area (Å²) in [6.07, 6.45) is 4.75. The minimum absolute atomic E-state index is 0.150. The number of hydrogen-bond donors (Lipinski definition) is 2. The number of quaternary nitrogens is 1. The van der Waals surface area contributed by atoms with E-state index in [2.05, 4.69) is 5.32 Å². The molecule has 5 heteroatoms. The van der Waals surface area contributed by atoms with Crippen molar-refractivity contribution in [2.45, 2.75) is 25.7 Å². The fourth-order valence-electron chi connectivity index (χ4n) is 2.41. The number of benzene rings is 1. The van der Waals surface area contributed by atoms with Gasteiger partial charge in [0, 0.05) is 11.8 Å². The van der Waals surface area contributed by atoms with E-state index in [4.69, 9.17) is 0 Å². The summed E-state index contributed by atoms with van der Waals surface area (Å²) in [6.45, 7) is 2.40. The molecule has 3 nitrogen and oxygen atoms in total. The Labute approximate surface area is 111 Å². The number of rotatable bonds is 3. The first-order valence-corrected chi connectivity index (χ1v) is 6.73. The molecule has 0 aromatic heterocycles. The molecule has 1 aliphatic heterocycles. The van der Waals surface area contributed by atoms with Gasteiger partial charge in [0.25, 0.3) is 5.91 Å². The Balaban J connectivity index is 1.87. The molecule has 0 saturated carbocycles. The summed E-state index contributed by atoms with van der Waals surface area (Å²) in [7, 11) is 0. The molecule has 1 aliphatic rings. The largest absolute Gasteiger partial charge is 0.327 e. The minimum Gasteiger partial charge on any atom is -0.327 e. The molecule has 1 heterocycles. The van der Waals surface area contributed by atoms with Crippen LogP contribution in [0.25, 0.3) is 0 Å². The molecule has 0 atom stereocenters. The molecule has 0 unspecified atom stereocenters. The molecule has 0 spiro atoms. The van der Waals surface area contributed by atoms with Gasteiger partial charge in [0.1, 0.15) is 0 Å². The summed E-state index contributed by atoms with van der Waals surface area (Å²) in [6, 6.07) is 3.39. The zero-order valence-electron chi connectivity index (χ0n) is 10.8. The predicted molar refractivity (Wildman–Crippen MR) is 69.0 cm³/mol. The molecule has 0 bridgehead atoms. The Kier molecular flexibility index (Phi) is 4.85. The van der Waals surface area contributed by atoms with Crippen LogP contribution in [0.2, 0.25) is 0 Å². The number of halogens is 2. The number of nitrogens with one attached hydrogen (secondary N) is 2. The summed E-state index contributed by atoms with van der Waals surface area (Å²) in [5, 5.41) is 2.61. The normalized spacial score (nSPS) is 16.9. The highest BCUT2D eigenvalue weighted by molar-refractivity contribution is 5.91. The van der Waals surface area contributed by atoms with Gasteiger partial charge >= 0.3 is 0 Å². The van der Waals surface area contributed by atoms with Crippen molar-refractivity contribution < 1.29 is 18.5 Å². The van der Waals surface area contributed by atoms with E-state index in [0.29, 0.717) is 12.2 Å². The van der Waals surface area contributed by atoms with Gasteiger partial charge in [-0.1, -0.05) is 0 Å². The van der Waals surface area contributed by atoms with E-state index in [9.17, 15) is 13.6 Å². The molecular formula is C14H19F2N2O+. The Morgan fingerprint density at radius 2 is 1.79 bits per heavy atom. The van der Waals surface area contributed by atoms with Crippen LogP contribution in [-0.2, 0) is 4.79 Å². The lowest BCUT2D eigenvalue weighted by molar-refractivity contribution is -0.890. The monoisotopic (exact) mass is 269 g/mol. The molecule has 1 aromatic carbocycles. The van der Waals surface area contributed by atoms with Crippen LogP contribution in [0.3, 0.4) is 0 Å². The number of likely N-dealkylation sites (tertiary alicyclic amines) is 1. The number of carbonyl (C=O) groups is 1. The van der Waals surface area contributed by atoms with E-state index in [1.165, 1.54) is 23.8 Å². The lowest BCUT2D eigenvalue weighted by atomic mass is 10.2. The van der Waals surface area contributed by atoms with E-state index in [1.54, 1.807) is 0 Å². The van der Waals surface area contributed by atoms with Crippen molar-refractivity contribution in [3.63, 3.8) is 0 Å². The zero-order valence-corrected chi connectivity index (χ0v) is 10.8. The van der Waals surface area contributed by atoms with Crippen molar-refractivity contribution >= 4 is 11.6 Å². The molecule has 1 amide bonds. The molecule has 19 heavy (non-hydrogen) atoms. The lowest BCUT2D eigenvalue weighted by Crippen LogP contribution is -3.12. The number of hydrogen-bond acceptors (Lipinski definition) is 1. The van der Waals surface area contributed by atoms with Gasteiger partial charge in [0.05, 0.1) is 13.1 Å². The third-order valence-corrected chi connectivity index (χ3v) is 3.42. The van der Waals surface area contributed by atoms with Crippen molar-refractivity contribution in [2.24, 2.45) is 0 Å². The standard InChI is InChI=1S/C14H18F2N2O/c15-12-6-5-11(9-13(12)16)17-14(19)10-18-7-3-1-2-4-8-18/h5-6,9H,1-4,7-8,10H2,(H,17,19)/p+1. The van der Waals surface area contributed by atoms with E-state index >= 15 is 0 Å². The first kappa shape index (κ1) is 13.9. The molecular weight excluding hydrogens is 250 g/mol. The summed E-state index contributed by atoms with van der Waals surface area (Å²) >= 11 is 0. The van der Waals surface area contributed by atoms with Gasteiger partial charge in [-0.2, -0.15) is 0 Å². The highest BCUT2D eigenvalue weighted by Crippen LogP contribution is 2.12. The molecule has 0 aliphatic carbocycles. The predicted octanol–water partition coefficient (Wildman–Crippen LogP) is 1.36. The summed E-state index contributed by atoms with van der Waals surface area (Å²) in [5.74, 6) is -2.00. The van der Waals surface area contributed by atoms with Crippen LogP contribution in [-0.4, -0.2) is 25.5 Å². The maximum absolute atomic E-state index is 13.0. The van der Waals surface area contributed by atoms with E-state index < -0.39 is 11.6 Å². The maximum Gasteiger partial charge on any atom is 0.279 e. The van der Waals surface area contributed by atoms with E-state index in [1.807, 2.05) is 0 Å². The third kappa shape index (κ3) is 4.28. The van der Waals surface area contributed by atoms with Crippen molar-refractivity contribution in [1.82, 2.24) is 0 Å². The third-order valence-electron chi connectivity index (χ3n) is 3.42. The number of amides is 1. The molecule has 2 N–H and O–H groups in total. The van der Waals surface area contributed by atoms with E-state index in [0.717, 1.165) is 38.1 Å². The second-order valence-corrected chi connectivity index (χ2v) is 5.02. The first-order chi connectivity index (χ1) is 9.15. The molecule has 0 radical (unpaired) electrons. The highest BCUT2D eigenvalue weighted by atomic mass is 19.2. The summed E-state index contributed by atoms with van der Waals surface area (Å²) in [4.78, 5) is 13.1. The van der Waals surface area contributed by atoms with Gasteiger partial charge in [-0.15, -0.1) is 0 Å².